The van der Waals surface area contributed by atoms with E-state index >= 15 is 0 Å². The number of allylic oxidation sites excluding steroid dienone is 2. The molecule has 1 aromatic rings. The summed E-state index contributed by atoms with van der Waals surface area (Å²) in [6, 6.07) is 2.93. The fourth-order valence-electron chi connectivity index (χ4n) is 6.73. The summed E-state index contributed by atoms with van der Waals surface area (Å²) >= 11 is 0. The van der Waals surface area contributed by atoms with Gasteiger partial charge in [-0.15, -0.1) is 0 Å². The van der Waals surface area contributed by atoms with Gasteiger partial charge in [-0.25, -0.2) is 14.4 Å². The second-order valence-corrected chi connectivity index (χ2v) is 14.6. The van der Waals surface area contributed by atoms with Crippen molar-refractivity contribution in [1.29, 1.82) is 0 Å². The van der Waals surface area contributed by atoms with E-state index in [4.69, 9.17) is 23.7 Å². The van der Waals surface area contributed by atoms with Crippen LogP contribution in [0.4, 0.5) is 0 Å². The first kappa shape index (κ1) is 43.5. The molecule has 9 atom stereocenters. The molecule has 0 amide bonds. The zero-order valence-corrected chi connectivity index (χ0v) is 32.4. The molecule has 0 radical (unpaired) electrons. The molecule has 2 N–H and O–H groups in total. The lowest BCUT2D eigenvalue weighted by molar-refractivity contribution is -0.184. The molecular weight excluding hydrogens is 702 g/mol. The summed E-state index contributed by atoms with van der Waals surface area (Å²) in [5, 5.41) is 24.2. The van der Waals surface area contributed by atoms with Crippen molar-refractivity contribution < 1.29 is 62.7 Å². The second-order valence-electron chi connectivity index (χ2n) is 14.6. The Hall–Kier alpha value is -4.95. The monoisotopic (exact) mass is 753 g/mol. The number of Topliss-reactive ketones (excluding diaryl/α,β-unsaturated/α-hetero) is 1. The molecule has 0 saturated heterocycles. The number of rotatable bonds is 8. The van der Waals surface area contributed by atoms with Gasteiger partial charge in [0, 0.05) is 48.4 Å². The van der Waals surface area contributed by atoms with Gasteiger partial charge in [0.15, 0.2) is 24.1 Å². The van der Waals surface area contributed by atoms with E-state index in [2.05, 4.69) is 11.6 Å². The van der Waals surface area contributed by atoms with E-state index in [9.17, 15) is 39.0 Å². The highest BCUT2D eigenvalue weighted by molar-refractivity contribution is 5.97. The third-order valence-electron chi connectivity index (χ3n) is 9.89. The first-order valence-corrected chi connectivity index (χ1v) is 17.5. The molecule has 1 saturated carbocycles. The highest BCUT2D eigenvalue weighted by atomic mass is 16.6. The molecule has 3 rings (SSSR count). The Morgan fingerprint density at radius 3 is 1.93 bits per heavy atom. The van der Waals surface area contributed by atoms with Crippen LogP contribution >= 0.6 is 0 Å². The lowest BCUT2D eigenvalue weighted by Gasteiger charge is -2.44. The van der Waals surface area contributed by atoms with Crippen molar-refractivity contribution in [3.8, 4) is 0 Å². The average molecular weight is 754 g/mol. The molecule has 14 nitrogen and oxygen atoms in total. The topological polar surface area (TPSA) is 202 Å². The lowest BCUT2D eigenvalue weighted by Crippen LogP contribution is -2.60. The summed E-state index contributed by atoms with van der Waals surface area (Å²) in [7, 11) is 0. The number of esters is 5. The summed E-state index contributed by atoms with van der Waals surface area (Å²) in [5.74, 6) is -8.05. The largest absolute Gasteiger partial charge is 0.462 e. The first-order valence-electron chi connectivity index (χ1n) is 17.5. The fourth-order valence-corrected chi connectivity index (χ4v) is 6.73. The van der Waals surface area contributed by atoms with E-state index in [1.54, 1.807) is 34.6 Å². The Bertz CT molecular complexity index is 1740. The van der Waals surface area contributed by atoms with Gasteiger partial charge in [0.05, 0.1) is 11.5 Å². The van der Waals surface area contributed by atoms with Crippen LogP contribution in [0.1, 0.15) is 86.0 Å². The number of nitrogens with zero attached hydrogens (tertiary/aromatic N) is 1. The predicted octanol–water partition coefficient (Wildman–Crippen LogP) is 4.09. The summed E-state index contributed by atoms with van der Waals surface area (Å²) in [6.45, 7) is 18.2. The van der Waals surface area contributed by atoms with E-state index in [0.29, 0.717) is 0 Å². The Morgan fingerprint density at radius 1 is 0.833 bits per heavy atom. The van der Waals surface area contributed by atoms with Crippen LogP contribution in [-0.4, -0.2) is 92.5 Å². The molecule has 54 heavy (non-hydrogen) atoms. The number of hydrogen-bond donors (Lipinski definition) is 2. The molecule has 1 heterocycles. The van der Waals surface area contributed by atoms with Gasteiger partial charge in [-0.05, 0) is 65.2 Å². The highest BCUT2D eigenvalue weighted by Gasteiger charge is 2.65. The molecule has 0 bridgehead atoms. The molecule has 0 aliphatic heterocycles. The Kier molecular flexibility index (Phi) is 13.7. The zero-order chi connectivity index (χ0) is 40.9. The van der Waals surface area contributed by atoms with Crippen LogP contribution in [0.3, 0.4) is 0 Å². The third-order valence-corrected chi connectivity index (χ3v) is 9.89. The summed E-state index contributed by atoms with van der Waals surface area (Å²) in [5.41, 5.74) is -6.58. The number of ketones is 1. The summed E-state index contributed by atoms with van der Waals surface area (Å²) < 4.78 is 29.7. The number of carbonyl (C=O) groups is 6. The molecule has 14 heteroatoms. The summed E-state index contributed by atoms with van der Waals surface area (Å²) in [6.07, 6.45) is -0.676. The van der Waals surface area contributed by atoms with E-state index in [-0.39, 0.29) is 28.7 Å². The molecule has 1 fully saturated rings. The molecule has 1 aromatic heterocycles. The standard InChI is InChI=1S/C40H51NO13/c1-12-21(3)34(44)52-31-24(6)30(51-26(8)43)28-29(50-25(7)42)23(5)19-40(28,49)37(47)39(11,48)17-16-38(9,10)33(32(31)53-35(45)22(4)13-2)54-36(46)27-15-14-18-41-20-27/h12-18,20,23,28-33,48-49H,6,19H2,1-5,7-11H3/b17-16-,21-12-,22-13-/t23-,28+,29-,30-,31-,32+,33+,39+,40+/m0/s1. The molecule has 294 valence electrons. The summed E-state index contributed by atoms with van der Waals surface area (Å²) in [4.78, 5) is 85.0. The maximum absolute atomic E-state index is 14.4. The van der Waals surface area contributed by atoms with Crippen LogP contribution < -0.4 is 0 Å². The molecule has 2 aliphatic carbocycles. The fraction of sp³-hybridized carbons (Fsp3) is 0.525. The number of aromatic nitrogens is 1. The smallest absolute Gasteiger partial charge is 0.340 e. The molecule has 0 unspecified atom stereocenters. The number of aliphatic hydroxyl groups is 2. The SMILES string of the molecule is C=C1[C@H](OC(=O)/C(C)=C\C)[C@@H](OC(=O)/C(C)=C\C)[C@@H](OC(=O)c2cccnc2)C(C)(C)/C=C\[C@@](C)(O)C(=O)[C@@]2(O)C[C@H](C)[C@H](OC(C)=O)[C@@H]2[C@H]1OC(C)=O. The maximum atomic E-state index is 14.4. The molecule has 2 aliphatic rings. The quantitative estimate of drug-likeness (QED) is 0.166. The van der Waals surface area contributed by atoms with Crippen LogP contribution in [0.2, 0.25) is 0 Å². The molecule has 0 spiro atoms. The van der Waals surface area contributed by atoms with Gasteiger partial charge in [-0.1, -0.05) is 45.6 Å². The highest BCUT2D eigenvalue weighted by Crippen LogP contribution is 2.49. The lowest BCUT2D eigenvalue weighted by atomic mass is 9.71. The van der Waals surface area contributed by atoms with Crippen molar-refractivity contribution in [1.82, 2.24) is 4.98 Å². The minimum absolute atomic E-state index is 0.00411. The number of ether oxygens (including phenoxy) is 5. The number of fused-ring (bicyclic) bond motifs is 1. The third kappa shape index (κ3) is 9.40. The van der Waals surface area contributed by atoms with Crippen LogP contribution in [0.25, 0.3) is 0 Å². The van der Waals surface area contributed by atoms with E-state index in [1.165, 1.54) is 56.6 Å². The van der Waals surface area contributed by atoms with Crippen molar-refractivity contribution >= 4 is 35.6 Å². The van der Waals surface area contributed by atoms with Gasteiger partial charge in [-0.2, -0.15) is 0 Å². The Balaban J connectivity index is 2.54. The van der Waals surface area contributed by atoms with Gasteiger partial charge >= 0.3 is 29.8 Å². The Labute approximate surface area is 315 Å². The van der Waals surface area contributed by atoms with Crippen LogP contribution in [0, 0.1) is 17.3 Å². The Morgan fingerprint density at radius 2 is 1.41 bits per heavy atom. The number of carbonyl (C=O) groups excluding carboxylic acids is 6. The van der Waals surface area contributed by atoms with E-state index in [0.717, 1.165) is 26.8 Å². The minimum atomic E-state index is -2.55. The molecule has 0 aromatic carbocycles. The van der Waals surface area contributed by atoms with Crippen molar-refractivity contribution in [2.75, 3.05) is 0 Å². The average Bonchev–Trinajstić information content (AvgIpc) is 3.36. The van der Waals surface area contributed by atoms with Crippen LogP contribution in [0.15, 0.2) is 72.1 Å². The van der Waals surface area contributed by atoms with Crippen LogP contribution in [0.5, 0.6) is 0 Å². The zero-order valence-electron chi connectivity index (χ0n) is 32.4. The second kappa shape index (κ2) is 17.0. The van der Waals surface area contributed by atoms with Crippen molar-refractivity contribution in [2.24, 2.45) is 17.3 Å². The van der Waals surface area contributed by atoms with Crippen molar-refractivity contribution in [2.45, 2.75) is 117 Å². The predicted molar refractivity (Wildman–Crippen MR) is 193 cm³/mol. The minimum Gasteiger partial charge on any atom is -0.462 e. The van der Waals surface area contributed by atoms with Gasteiger partial charge in [-0.3, -0.25) is 19.4 Å². The number of hydrogen-bond acceptors (Lipinski definition) is 14. The van der Waals surface area contributed by atoms with Crippen molar-refractivity contribution in [3.05, 3.63) is 77.7 Å². The van der Waals surface area contributed by atoms with Gasteiger partial charge in [0.25, 0.3) is 0 Å². The van der Waals surface area contributed by atoms with Crippen LogP contribution in [-0.2, 0) is 47.7 Å². The molecular formula is C40H51NO13. The van der Waals surface area contributed by atoms with Gasteiger partial charge in [0.1, 0.15) is 23.4 Å². The van der Waals surface area contributed by atoms with E-state index in [1.807, 2.05) is 0 Å². The van der Waals surface area contributed by atoms with Gasteiger partial charge < -0.3 is 33.9 Å². The van der Waals surface area contributed by atoms with Gasteiger partial charge in [0.2, 0.25) is 0 Å². The first-order chi connectivity index (χ1) is 25.0. The normalized spacial score (nSPS) is 32.2. The number of pyridine rings is 1. The van der Waals surface area contributed by atoms with Crippen molar-refractivity contribution in [3.63, 3.8) is 0 Å². The van der Waals surface area contributed by atoms with E-state index < -0.39 is 94.6 Å². The maximum Gasteiger partial charge on any atom is 0.340 e.